The molecule has 0 radical (unpaired) electrons. The van der Waals surface area contributed by atoms with E-state index >= 15 is 0 Å². The second kappa shape index (κ2) is 8.61. The van der Waals surface area contributed by atoms with Gasteiger partial charge in [0, 0.05) is 36.2 Å². The third kappa shape index (κ3) is 4.64. The molecule has 6 nitrogen and oxygen atoms in total. The number of nitrogens with one attached hydrogen (secondary N) is 2. The minimum atomic E-state index is 0.458. The molecule has 0 aliphatic carbocycles. The molecule has 2 aromatic carbocycles. The van der Waals surface area contributed by atoms with Crippen LogP contribution in [0.3, 0.4) is 0 Å². The van der Waals surface area contributed by atoms with E-state index in [9.17, 15) is 5.26 Å². The first kappa shape index (κ1) is 18.8. The predicted molar refractivity (Wildman–Crippen MR) is 117 cm³/mol. The zero-order valence-corrected chi connectivity index (χ0v) is 16.5. The lowest BCUT2D eigenvalue weighted by Gasteiger charge is -2.28. The molecule has 0 spiro atoms. The van der Waals surface area contributed by atoms with Gasteiger partial charge in [-0.2, -0.15) is 10.2 Å². The number of aryl methyl sites for hydroxylation is 1. The van der Waals surface area contributed by atoms with Crippen LogP contribution in [0, 0.1) is 18.3 Å². The first-order valence-corrected chi connectivity index (χ1v) is 9.95. The lowest BCUT2D eigenvalue weighted by molar-refractivity contribution is 0.578. The zero-order chi connectivity index (χ0) is 20.1. The average molecular weight is 384 g/mol. The Hall–Kier alpha value is -3.59. The fourth-order valence-electron chi connectivity index (χ4n) is 3.55. The fraction of sp³-hybridized carbons (Fsp3) is 0.261. The summed E-state index contributed by atoms with van der Waals surface area (Å²) in [5.41, 5.74) is 4.33. The van der Waals surface area contributed by atoms with Gasteiger partial charge >= 0.3 is 0 Å². The molecular weight excluding hydrogens is 360 g/mol. The minimum absolute atomic E-state index is 0.458. The number of hydrogen-bond acceptors (Lipinski definition) is 6. The van der Waals surface area contributed by atoms with Gasteiger partial charge in [-0.25, -0.2) is 4.98 Å². The highest BCUT2D eigenvalue weighted by Gasteiger charge is 2.11. The van der Waals surface area contributed by atoms with E-state index in [1.165, 1.54) is 24.9 Å². The molecule has 4 rings (SSSR count). The van der Waals surface area contributed by atoms with Crippen molar-refractivity contribution in [1.82, 2.24) is 9.97 Å². The summed E-state index contributed by atoms with van der Waals surface area (Å²) in [6.45, 7) is 4.20. The Morgan fingerprint density at radius 3 is 2.45 bits per heavy atom. The van der Waals surface area contributed by atoms with Crippen LogP contribution in [0.2, 0.25) is 0 Å². The molecule has 1 fully saturated rings. The summed E-state index contributed by atoms with van der Waals surface area (Å²) in [6, 6.07) is 19.9. The van der Waals surface area contributed by atoms with Crippen molar-refractivity contribution in [1.29, 1.82) is 5.26 Å². The molecule has 2 N–H and O–H groups in total. The Balaban J connectivity index is 1.50. The standard InChI is InChI=1S/C23H24N6/c1-17-15-22(28-23(25-17)27-21-8-4-3-7-18(21)16-24)26-19-9-11-20(12-10-19)29-13-5-2-6-14-29/h3-4,7-12,15H,2,5-6,13-14H2,1H3,(H2,25,26,27,28). The molecule has 0 bridgehead atoms. The topological polar surface area (TPSA) is 76.9 Å². The molecule has 1 aliphatic heterocycles. The number of para-hydroxylation sites is 1. The van der Waals surface area contributed by atoms with Crippen LogP contribution in [0.4, 0.5) is 28.8 Å². The van der Waals surface area contributed by atoms with E-state index in [2.05, 4.69) is 55.8 Å². The van der Waals surface area contributed by atoms with E-state index in [0.717, 1.165) is 24.5 Å². The molecule has 1 saturated heterocycles. The van der Waals surface area contributed by atoms with Crippen molar-refractivity contribution in [3.05, 3.63) is 65.9 Å². The third-order valence-electron chi connectivity index (χ3n) is 5.01. The largest absolute Gasteiger partial charge is 0.372 e. The Morgan fingerprint density at radius 2 is 1.69 bits per heavy atom. The SMILES string of the molecule is Cc1cc(Nc2ccc(N3CCCCC3)cc2)nc(Nc2ccccc2C#N)n1. The number of rotatable bonds is 5. The first-order valence-electron chi connectivity index (χ1n) is 9.95. The lowest BCUT2D eigenvalue weighted by atomic mass is 10.1. The summed E-state index contributed by atoms with van der Waals surface area (Å²) in [7, 11) is 0. The van der Waals surface area contributed by atoms with Gasteiger partial charge in [0.25, 0.3) is 0 Å². The maximum atomic E-state index is 9.27. The highest BCUT2D eigenvalue weighted by atomic mass is 15.1. The van der Waals surface area contributed by atoms with Gasteiger partial charge in [-0.05, 0) is 62.6 Å². The second-order valence-corrected chi connectivity index (χ2v) is 7.22. The third-order valence-corrected chi connectivity index (χ3v) is 5.01. The normalized spacial score (nSPS) is 13.6. The molecule has 0 amide bonds. The summed E-state index contributed by atoms with van der Waals surface area (Å²) in [6.07, 6.45) is 3.87. The van der Waals surface area contributed by atoms with Gasteiger partial charge in [0.05, 0.1) is 11.3 Å². The monoisotopic (exact) mass is 384 g/mol. The summed E-state index contributed by atoms with van der Waals surface area (Å²) in [4.78, 5) is 11.4. The van der Waals surface area contributed by atoms with Crippen molar-refractivity contribution in [3.8, 4) is 6.07 Å². The molecule has 3 aromatic rings. The van der Waals surface area contributed by atoms with Crippen LogP contribution in [0.5, 0.6) is 0 Å². The minimum Gasteiger partial charge on any atom is -0.372 e. The van der Waals surface area contributed by atoms with Gasteiger partial charge in [-0.3, -0.25) is 0 Å². The predicted octanol–water partition coefficient (Wildman–Crippen LogP) is 5.13. The van der Waals surface area contributed by atoms with Crippen molar-refractivity contribution < 1.29 is 0 Å². The van der Waals surface area contributed by atoms with E-state index in [1.807, 2.05) is 31.2 Å². The van der Waals surface area contributed by atoms with E-state index in [-0.39, 0.29) is 0 Å². The summed E-state index contributed by atoms with van der Waals surface area (Å²) in [5.74, 6) is 1.17. The Morgan fingerprint density at radius 1 is 0.931 bits per heavy atom. The van der Waals surface area contributed by atoms with Gasteiger partial charge in [0.15, 0.2) is 0 Å². The van der Waals surface area contributed by atoms with Gasteiger partial charge in [0.1, 0.15) is 11.9 Å². The maximum Gasteiger partial charge on any atom is 0.229 e. The summed E-state index contributed by atoms with van der Waals surface area (Å²) in [5, 5.41) is 15.8. The summed E-state index contributed by atoms with van der Waals surface area (Å²) >= 11 is 0. The van der Waals surface area contributed by atoms with Crippen LogP contribution in [-0.4, -0.2) is 23.1 Å². The first-order chi connectivity index (χ1) is 14.2. The number of nitrogens with zero attached hydrogens (tertiary/aromatic N) is 4. The number of aromatic nitrogens is 2. The van der Waals surface area contributed by atoms with Crippen LogP contribution in [0.25, 0.3) is 0 Å². The fourth-order valence-corrected chi connectivity index (χ4v) is 3.55. The lowest BCUT2D eigenvalue weighted by Crippen LogP contribution is -2.29. The number of nitriles is 1. The molecule has 0 unspecified atom stereocenters. The highest BCUT2D eigenvalue weighted by molar-refractivity contribution is 5.65. The van der Waals surface area contributed by atoms with E-state index in [0.29, 0.717) is 23.0 Å². The molecular formula is C23H24N6. The van der Waals surface area contributed by atoms with E-state index in [4.69, 9.17) is 0 Å². The van der Waals surface area contributed by atoms with Gasteiger partial charge in [-0.1, -0.05) is 12.1 Å². The van der Waals surface area contributed by atoms with Crippen LogP contribution < -0.4 is 15.5 Å². The van der Waals surface area contributed by atoms with Gasteiger partial charge in [0.2, 0.25) is 5.95 Å². The smallest absolute Gasteiger partial charge is 0.229 e. The molecule has 0 saturated carbocycles. The molecule has 2 heterocycles. The quantitative estimate of drug-likeness (QED) is 0.635. The van der Waals surface area contributed by atoms with Crippen molar-refractivity contribution in [2.75, 3.05) is 28.6 Å². The van der Waals surface area contributed by atoms with Crippen molar-refractivity contribution in [2.45, 2.75) is 26.2 Å². The Bertz CT molecular complexity index is 1020. The maximum absolute atomic E-state index is 9.27. The summed E-state index contributed by atoms with van der Waals surface area (Å²) < 4.78 is 0. The van der Waals surface area contributed by atoms with Gasteiger partial charge < -0.3 is 15.5 Å². The van der Waals surface area contributed by atoms with Crippen LogP contribution in [-0.2, 0) is 0 Å². The van der Waals surface area contributed by atoms with Crippen LogP contribution in [0.1, 0.15) is 30.5 Å². The second-order valence-electron chi connectivity index (χ2n) is 7.22. The highest BCUT2D eigenvalue weighted by Crippen LogP contribution is 2.24. The molecule has 1 aliphatic rings. The van der Waals surface area contributed by atoms with Crippen molar-refractivity contribution >= 4 is 28.8 Å². The molecule has 146 valence electrons. The van der Waals surface area contributed by atoms with E-state index in [1.54, 1.807) is 6.07 Å². The number of benzene rings is 2. The molecule has 29 heavy (non-hydrogen) atoms. The van der Waals surface area contributed by atoms with Crippen LogP contribution >= 0.6 is 0 Å². The number of hydrogen-bond donors (Lipinski definition) is 2. The Kier molecular flexibility index (Phi) is 5.57. The molecule has 0 atom stereocenters. The van der Waals surface area contributed by atoms with Crippen LogP contribution in [0.15, 0.2) is 54.6 Å². The van der Waals surface area contributed by atoms with Gasteiger partial charge in [-0.15, -0.1) is 0 Å². The number of anilines is 5. The van der Waals surface area contributed by atoms with Crippen molar-refractivity contribution in [3.63, 3.8) is 0 Å². The molecule has 6 heteroatoms. The number of piperidine rings is 1. The Labute approximate surface area is 171 Å². The molecule has 1 aromatic heterocycles. The average Bonchev–Trinajstić information content (AvgIpc) is 2.75. The zero-order valence-electron chi connectivity index (χ0n) is 16.5. The van der Waals surface area contributed by atoms with E-state index < -0.39 is 0 Å². The van der Waals surface area contributed by atoms with Crippen molar-refractivity contribution in [2.24, 2.45) is 0 Å².